The zero-order valence-corrected chi connectivity index (χ0v) is 16.1. The highest BCUT2D eigenvalue weighted by Gasteiger charge is 2.12. The van der Waals surface area contributed by atoms with Crippen molar-refractivity contribution < 1.29 is 19.6 Å². The molecule has 0 aliphatic heterocycles. The summed E-state index contributed by atoms with van der Waals surface area (Å²) in [6.45, 7) is 5.20. The molecule has 8 nitrogen and oxygen atoms in total. The van der Waals surface area contributed by atoms with Gasteiger partial charge in [-0.3, -0.25) is 19.9 Å². The Morgan fingerprint density at radius 3 is 2.48 bits per heavy atom. The number of aryl methyl sites for hydroxylation is 1. The Morgan fingerprint density at radius 1 is 1.17 bits per heavy atom. The van der Waals surface area contributed by atoms with Gasteiger partial charge in [0.2, 0.25) is 0 Å². The highest BCUT2D eigenvalue weighted by Crippen LogP contribution is 2.31. The molecule has 0 unspecified atom stereocenters. The molecule has 8 heteroatoms. The maximum absolute atomic E-state index is 11.1. The van der Waals surface area contributed by atoms with E-state index in [1.807, 2.05) is 36.6 Å². The number of hydrogen-bond donors (Lipinski definition) is 1. The number of non-ortho nitro benzene ring substituents is 1. The number of nitrogens with zero attached hydrogens (tertiary/aromatic N) is 3. The molecule has 3 rings (SSSR count). The Balaban J connectivity index is 1.92. The predicted molar refractivity (Wildman–Crippen MR) is 109 cm³/mol. The van der Waals surface area contributed by atoms with Crippen molar-refractivity contribution in [1.29, 1.82) is 0 Å². The third-order valence-electron chi connectivity index (χ3n) is 4.34. The van der Waals surface area contributed by atoms with E-state index in [-0.39, 0.29) is 23.1 Å². The van der Waals surface area contributed by atoms with Gasteiger partial charge in [0.25, 0.3) is 5.69 Å². The molecule has 0 amide bonds. The molecule has 0 saturated carbocycles. The monoisotopic (exact) mass is 393 g/mol. The number of hydrogen-bond acceptors (Lipinski definition) is 6. The minimum atomic E-state index is -0.538. The zero-order chi connectivity index (χ0) is 21.1. The van der Waals surface area contributed by atoms with E-state index in [1.54, 1.807) is 18.3 Å². The Bertz CT molecular complexity index is 1110. The van der Waals surface area contributed by atoms with Gasteiger partial charge in [0.1, 0.15) is 17.2 Å². The standard InChI is InChI=1S/C21H19N3O5/c1-13-10-16(12-22-20-11-18(24(27)28)6-9-21(20)26)14(2)23(13)17-4-7-19(8-5-17)29-15(3)25/h4-12,26H,1-3H3. The van der Waals surface area contributed by atoms with Gasteiger partial charge >= 0.3 is 5.97 Å². The Morgan fingerprint density at radius 2 is 1.86 bits per heavy atom. The van der Waals surface area contributed by atoms with Crippen molar-refractivity contribution in [3.05, 3.63) is 75.6 Å². The fourth-order valence-electron chi connectivity index (χ4n) is 3.01. The van der Waals surface area contributed by atoms with Crippen LogP contribution in [0.5, 0.6) is 11.5 Å². The lowest BCUT2D eigenvalue weighted by Crippen LogP contribution is -2.02. The van der Waals surface area contributed by atoms with Gasteiger partial charge < -0.3 is 14.4 Å². The van der Waals surface area contributed by atoms with Gasteiger partial charge in [-0.1, -0.05) is 0 Å². The quantitative estimate of drug-likeness (QED) is 0.227. The van der Waals surface area contributed by atoms with Crippen LogP contribution >= 0.6 is 0 Å². The van der Waals surface area contributed by atoms with Crippen molar-refractivity contribution in [1.82, 2.24) is 4.57 Å². The number of carbonyl (C=O) groups is 1. The highest BCUT2D eigenvalue weighted by molar-refractivity contribution is 5.85. The zero-order valence-electron chi connectivity index (χ0n) is 16.1. The van der Waals surface area contributed by atoms with Crippen LogP contribution in [0.3, 0.4) is 0 Å². The van der Waals surface area contributed by atoms with Crippen LogP contribution in [-0.2, 0) is 4.79 Å². The number of phenolic OH excluding ortho intramolecular Hbond substituents is 1. The summed E-state index contributed by atoms with van der Waals surface area (Å²) in [6, 6.07) is 12.7. The number of aliphatic imine (C=N–C) groups is 1. The summed E-state index contributed by atoms with van der Waals surface area (Å²) in [5, 5.41) is 20.8. The van der Waals surface area contributed by atoms with Crippen LogP contribution in [0.15, 0.2) is 53.5 Å². The van der Waals surface area contributed by atoms with Gasteiger partial charge in [-0.2, -0.15) is 0 Å². The maximum Gasteiger partial charge on any atom is 0.308 e. The number of rotatable bonds is 5. The van der Waals surface area contributed by atoms with Crippen molar-refractivity contribution in [3.8, 4) is 17.2 Å². The van der Waals surface area contributed by atoms with Crippen LogP contribution in [0, 0.1) is 24.0 Å². The molecule has 0 aliphatic rings. The number of nitro groups is 1. The van der Waals surface area contributed by atoms with E-state index in [1.165, 1.54) is 25.1 Å². The molecule has 1 heterocycles. The average Bonchev–Trinajstić information content (AvgIpc) is 2.94. The van der Waals surface area contributed by atoms with Crippen molar-refractivity contribution >= 4 is 23.6 Å². The molecule has 0 bridgehead atoms. The second-order valence-electron chi connectivity index (χ2n) is 6.44. The van der Waals surface area contributed by atoms with E-state index in [0.29, 0.717) is 5.75 Å². The number of nitro benzene ring substituents is 1. The van der Waals surface area contributed by atoms with E-state index in [0.717, 1.165) is 22.6 Å². The van der Waals surface area contributed by atoms with Gasteiger partial charge in [0.05, 0.1) is 4.92 Å². The van der Waals surface area contributed by atoms with Crippen LogP contribution in [0.4, 0.5) is 11.4 Å². The molecule has 0 saturated heterocycles. The van der Waals surface area contributed by atoms with Gasteiger partial charge in [0, 0.05) is 47.9 Å². The molecule has 0 aliphatic carbocycles. The number of aromatic hydroxyl groups is 1. The lowest BCUT2D eigenvalue weighted by Gasteiger charge is -2.10. The first-order chi connectivity index (χ1) is 13.8. The molecule has 0 radical (unpaired) electrons. The second-order valence-corrected chi connectivity index (χ2v) is 6.44. The topological polar surface area (TPSA) is 107 Å². The molecule has 0 fully saturated rings. The Hall–Kier alpha value is -3.94. The number of esters is 1. The van der Waals surface area contributed by atoms with E-state index in [4.69, 9.17) is 4.74 Å². The van der Waals surface area contributed by atoms with Crippen LogP contribution in [0.25, 0.3) is 5.69 Å². The molecule has 2 aromatic carbocycles. The van der Waals surface area contributed by atoms with Crippen molar-refractivity contribution in [2.45, 2.75) is 20.8 Å². The summed E-state index contributed by atoms with van der Waals surface area (Å²) in [4.78, 5) is 25.7. The Kier molecular flexibility index (Phi) is 5.45. The first kappa shape index (κ1) is 19.8. The summed E-state index contributed by atoms with van der Waals surface area (Å²) in [6.07, 6.45) is 1.56. The van der Waals surface area contributed by atoms with E-state index in [2.05, 4.69) is 4.99 Å². The van der Waals surface area contributed by atoms with Crippen LogP contribution in [0.1, 0.15) is 23.9 Å². The highest BCUT2D eigenvalue weighted by atomic mass is 16.6. The molecular formula is C21H19N3O5. The lowest BCUT2D eigenvalue weighted by atomic mass is 10.2. The van der Waals surface area contributed by atoms with Crippen molar-refractivity contribution in [2.24, 2.45) is 4.99 Å². The van der Waals surface area contributed by atoms with Crippen LogP contribution < -0.4 is 4.74 Å². The minimum absolute atomic E-state index is 0.120. The van der Waals surface area contributed by atoms with Gasteiger partial charge in [-0.15, -0.1) is 0 Å². The predicted octanol–water partition coefficient (Wildman–Crippen LogP) is 4.38. The van der Waals surface area contributed by atoms with Gasteiger partial charge in [-0.25, -0.2) is 0 Å². The largest absolute Gasteiger partial charge is 0.506 e. The number of phenols is 1. The summed E-state index contributed by atoms with van der Waals surface area (Å²) < 4.78 is 7.06. The average molecular weight is 393 g/mol. The third kappa shape index (κ3) is 4.32. The summed E-state index contributed by atoms with van der Waals surface area (Å²) in [5.41, 5.74) is 3.51. The second kappa shape index (κ2) is 7.97. The first-order valence-corrected chi connectivity index (χ1v) is 8.75. The first-order valence-electron chi connectivity index (χ1n) is 8.75. The number of aromatic nitrogens is 1. The van der Waals surface area contributed by atoms with E-state index >= 15 is 0 Å². The fourth-order valence-corrected chi connectivity index (χ4v) is 3.01. The third-order valence-corrected chi connectivity index (χ3v) is 4.34. The number of ether oxygens (including phenoxy) is 1. The molecule has 29 heavy (non-hydrogen) atoms. The molecule has 3 aromatic rings. The molecule has 1 aromatic heterocycles. The number of carbonyl (C=O) groups excluding carboxylic acids is 1. The van der Waals surface area contributed by atoms with Gasteiger partial charge in [-0.05, 0) is 50.2 Å². The lowest BCUT2D eigenvalue weighted by molar-refractivity contribution is -0.384. The van der Waals surface area contributed by atoms with Crippen LogP contribution in [-0.4, -0.2) is 26.8 Å². The van der Waals surface area contributed by atoms with E-state index < -0.39 is 4.92 Å². The fraction of sp³-hybridized carbons (Fsp3) is 0.143. The summed E-state index contributed by atoms with van der Waals surface area (Å²) in [7, 11) is 0. The molecule has 148 valence electrons. The SMILES string of the molecule is CC(=O)Oc1ccc(-n2c(C)cc(C=Nc3cc([N+](=O)[O-])ccc3O)c2C)cc1. The number of benzene rings is 2. The minimum Gasteiger partial charge on any atom is -0.506 e. The summed E-state index contributed by atoms with van der Waals surface area (Å²) >= 11 is 0. The van der Waals surface area contributed by atoms with Gasteiger partial charge in [0.15, 0.2) is 0 Å². The smallest absolute Gasteiger partial charge is 0.308 e. The molecule has 0 atom stereocenters. The Labute approximate surface area is 166 Å². The van der Waals surface area contributed by atoms with E-state index in [9.17, 15) is 20.0 Å². The molecule has 1 N–H and O–H groups in total. The molecular weight excluding hydrogens is 374 g/mol. The molecule has 0 spiro atoms. The van der Waals surface area contributed by atoms with Crippen molar-refractivity contribution in [3.63, 3.8) is 0 Å². The maximum atomic E-state index is 11.1. The summed E-state index contributed by atoms with van der Waals surface area (Å²) in [5.74, 6) is -0.0534. The normalized spacial score (nSPS) is 11.0. The van der Waals surface area contributed by atoms with Crippen LogP contribution in [0.2, 0.25) is 0 Å². The van der Waals surface area contributed by atoms with Crippen molar-refractivity contribution in [2.75, 3.05) is 0 Å².